The van der Waals surface area contributed by atoms with Crippen LogP contribution in [0.4, 0.5) is 5.13 Å². The quantitative estimate of drug-likeness (QED) is 0.468. The Morgan fingerprint density at radius 2 is 2.04 bits per heavy atom. The van der Waals surface area contributed by atoms with E-state index in [1.165, 1.54) is 11.3 Å². The van der Waals surface area contributed by atoms with Crippen molar-refractivity contribution in [2.24, 2.45) is 0 Å². The predicted molar refractivity (Wildman–Crippen MR) is 110 cm³/mol. The molecule has 140 valence electrons. The van der Waals surface area contributed by atoms with E-state index in [0.717, 1.165) is 5.56 Å². The van der Waals surface area contributed by atoms with Gasteiger partial charge in [-0.25, -0.2) is 0 Å². The second-order valence-electron chi connectivity index (χ2n) is 5.62. The number of halogens is 1. The van der Waals surface area contributed by atoms with Crippen LogP contribution >= 0.6 is 35.2 Å². The van der Waals surface area contributed by atoms with E-state index in [-0.39, 0.29) is 12.5 Å². The van der Waals surface area contributed by atoms with Crippen LogP contribution in [0.1, 0.15) is 0 Å². The lowest BCUT2D eigenvalue weighted by molar-refractivity contribution is -0.116. The van der Waals surface area contributed by atoms with E-state index in [1.807, 2.05) is 30.3 Å². The summed E-state index contributed by atoms with van der Waals surface area (Å²) >= 11 is 12.4. The first-order chi connectivity index (χ1) is 13.6. The zero-order valence-corrected chi connectivity index (χ0v) is 16.6. The average Bonchev–Trinajstić information content (AvgIpc) is 3.31. The minimum absolute atomic E-state index is 0.0220. The number of nitrogens with one attached hydrogen (secondary N) is 2. The van der Waals surface area contributed by atoms with Crippen molar-refractivity contribution < 1.29 is 4.79 Å². The number of carbonyl (C=O) groups is 1. The maximum absolute atomic E-state index is 12.5. The summed E-state index contributed by atoms with van der Waals surface area (Å²) in [6.07, 6.45) is 1.67. The van der Waals surface area contributed by atoms with E-state index in [9.17, 15) is 4.79 Å². The Bertz CT molecular complexity index is 1170. The lowest BCUT2D eigenvalue weighted by Crippen LogP contribution is -2.19. The lowest BCUT2D eigenvalue weighted by atomic mass is 10.2. The Morgan fingerprint density at radius 3 is 2.79 bits per heavy atom. The third-order valence-electron chi connectivity index (χ3n) is 3.72. The van der Waals surface area contributed by atoms with Crippen molar-refractivity contribution in [2.45, 2.75) is 6.54 Å². The molecule has 0 atom stereocenters. The van der Waals surface area contributed by atoms with Crippen LogP contribution in [-0.2, 0) is 11.3 Å². The SMILES string of the molecule is O=C(Cn1c(-c2ccc(Cl)cc2)n[nH]c1=S)Nc1nnc(-c2ccccn2)s1. The van der Waals surface area contributed by atoms with Crippen LogP contribution in [0, 0.1) is 4.77 Å². The number of hydrogen-bond donors (Lipinski definition) is 2. The number of aromatic nitrogens is 6. The van der Waals surface area contributed by atoms with Gasteiger partial charge in [0.2, 0.25) is 11.0 Å². The predicted octanol–water partition coefficient (Wildman–Crippen LogP) is 3.81. The summed E-state index contributed by atoms with van der Waals surface area (Å²) in [6.45, 7) is -0.0220. The molecule has 1 amide bonds. The normalized spacial score (nSPS) is 10.8. The molecule has 0 bridgehead atoms. The first-order valence-electron chi connectivity index (χ1n) is 8.06. The molecule has 0 radical (unpaired) electrons. The molecule has 1 aromatic carbocycles. The standard InChI is InChI=1S/C17H12ClN7OS2/c18-11-6-4-10(5-7-11)14-21-24-17(27)25(14)9-13(26)20-16-23-22-15(28-16)12-3-1-2-8-19-12/h1-8H,9H2,(H,24,27)(H,20,23,26). The second-order valence-corrected chi connectivity index (χ2v) is 7.42. The minimum atomic E-state index is -0.295. The number of rotatable bonds is 5. The van der Waals surface area contributed by atoms with Gasteiger partial charge in [0.25, 0.3) is 0 Å². The van der Waals surface area contributed by atoms with Crippen LogP contribution in [0.3, 0.4) is 0 Å². The number of hydrogen-bond acceptors (Lipinski definition) is 7. The number of aromatic amines is 1. The van der Waals surface area contributed by atoms with Gasteiger partial charge in [-0.3, -0.25) is 24.8 Å². The molecule has 0 aliphatic heterocycles. The molecule has 11 heteroatoms. The van der Waals surface area contributed by atoms with Crippen molar-refractivity contribution in [3.05, 3.63) is 58.5 Å². The van der Waals surface area contributed by atoms with Gasteiger partial charge < -0.3 is 0 Å². The van der Waals surface area contributed by atoms with Gasteiger partial charge in [-0.15, -0.1) is 10.2 Å². The Balaban J connectivity index is 1.51. The zero-order chi connectivity index (χ0) is 19.5. The number of amides is 1. The molecule has 0 aliphatic rings. The number of anilines is 1. The Labute approximate surface area is 173 Å². The number of benzene rings is 1. The maximum Gasteiger partial charge on any atom is 0.246 e. The van der Waals surface area contributed by atoms with Gasteiger partial charge in [0.1, 0.15) is 12.2 Å². The van der Waals surface area contributed by atoms with Crippen LogP contribution in [0.5, 0.6) is 0 Å². The van der Waals surface area contributed by atoms with Crippen molar-refractivity contribution >= 4 is 46.2 Å². The van der Waals surface area contributed by atoms with Crippen LogP contribution in [0.2, 0.25) is 5.02 Å². The van der Waals surface area contributed by atoms with Gasteiger partial charge in [-0.05, 0) is 48.6 Å². The van der Waals surface area contributed by atoms with Crippen LogP contribution < -0.4 is 5.32 Å². The summed E-state index contributed by atoms with van der Waals surface area (Å²) < 4.78 is 1.95. The van der Waals surface area contributed by atoms with E-state index in [1.54, 1.807) is 22.9 Å². The van der Waals surface area contributed by atoms with Crippen LogP contribution in [0.25, 0.3) is 22.1 Å². The third-order valence-corrected chi connectivity index (χ3v) is 5.14. The smallest absolute Gasteiger partial charge is 0.246 e. The van der Waals surface area contributed by atoms with Crippen molar-refractivity contribution in [1.29, 1.82) is 0 Å². The first-order valence-corrected chi connectivity index (χ1v) is 9.66. The Kier molecular flexibility index (Phi) is 5.24. The van der Waals surface area contributed by atoms with Gasteiger partial charge in [0, 0.05) is 16.8 Å². The Morgan fingerprint density at radius 1 is 1.21 bits per heavy atom. The third kappa shape index (κ3) is 3.98. The molecule has 0 aliphatic carbocycles. The highest BCUT2D eigenvalue weighted by molar-refractivity contribution is 7.71. The fraction of sp³-hybridized carbons (Fsp3) is 0.0588. The molecule has 8 nitrogen and oxygen atoms in total. The monoisotopic (exact) mass is 429 g/mol. The number of pyridine rings is 1. The van der Waals surface area contributed by atoms with E-state index < -0.39 is 0 Å². The van der Waals surface area contributed by atoms with E-state index in [0.29, 0.717) is 31.5 Å². The lowest BCUT2D eigenvalue weighted by Gasteiger charge is -2.06. The van der Waals surface area contributed by atoms with Crippen molar-refractivity contribution in [1.82, 2.24) is 29.9 Å². The minimum Gasteiger partial charge on any atom is -0.299 e. The van der Waals surface area contributed by atoms with Crippen molar-refractivity contribution in [3.63, 3.8) is 0 Å². The van der Waals surface area contributed by atoms with E-state index in [4.69, 9.17) is 23.8 Å². The van der Waals surface area contributed by atoms with Crippen molar-refractivity contribution in [3.8, 4) is 22.1 Å². The highest BCUT2D eigenvalue weighted by Gasteiger charge is 2.15. The first kappa shape index (κ1) is 18.4. The fourth-order valence-corrected chi connectivity index (χ4v) is 3.51. The van der Waals surface area contributed by atoms with Gasteiger partial charge in [-0.2, -0.15) is 5.10 Å². The van der Waals surface area contributed by atoms with Crippen LogP contribution in [-0.4, -0.2) is 35.9 Å². The average molecular weight is 430 g/mol. The van der Waals surface area contributed by atoms with Gasteiger partial charge in [0.15, 0.2) is 15.6 Å². The summed E-state index contributed by atoms with van der Waals surface area (Å²) in [5, 5.41) is 19.3. The molecule has 3 aromatic heterocycles. The topological polar surface area (TPSA) is 101 Å². The number of carbonyl (C=O) groups excluding carboxylic acids is 1. The zero-order valence-electron chi connectivity index (χ0n) is 14.2. The molecule has 0 unspecified atom stereocenters. The molecule has 0 saturated heterocycles. The van der Waals surface area contributed by atoms with E-state index >= 15 is 0 Å². The summed E-state index contributed by atoms with van der Waals surface area (Å²) in [6, 6.07) is 12.6. The van der Waals surface area contributed by atoms with Crippen LogP contribution in [0.15, 0.2) is 48.7 Å². The molecular weight excluding hydrogens is 418 g/mol. The highest BCUT2D eigenvalue weighted by atomic mass is 35.5. The van der Waals surface area contributed by atoms with Gasteiger partial charge in [0.05, 0.1) is 0 Å². The molecule has 3 heterocycles. The van der Waals surface area contributed by atoms with Gasteiger partial charge >= 0.3 is 0 Å². The summed E-state index contributed by atoms with van der Waals surface area (Å²) in [4.78, 5) is 16.7. The number of H-pyrrole nitrogens is 1. The summed E-state index contributed by atoms with van der Waals surface area (Å²) in [5.74, 6) is 0.250. The summed E-state index contributed by atoms with van der Waals surface area (Å²) in [7, 11) is 0. The molecular formula is C17H12ClN7OS2. The maximum atomic E-state index is 12.5. The van der Waals surface area contributed by atoms with Crippen molar-refractivity contribution in [2.75, 3.05) is 5.32 Å². The highest BCUT2D eigenvalue weighted by Crippen LogP contribution is 2.24. The molecule has 0 spiro atoms. The fourth-order valence-electron chi connectivity index (χ4n) is 2.45. The second kappa shape index (κ2) is 7.97. The Hall–Kier alpha value is -2.95. The number of nitrogens with zero attached hydrogens (tertiary/aromatic N) is 5. The molecule has 0 saturated carbocycles. The molecule has 2 N–H and O–H groups in total. The van der Waals surface area contributed by atoms with E-state index in [2.05, 4.69) is 30.7 Å². The molecule has 28 heavy (non-hydrogen) atoms. The largest absolute Gasteiger partial charge is 0.299 e. The molecule has 4 rings (SSSR count). The summed E-state index contributed by atoms with van der Waals surface area (Å²) in [5.41, 5.74) is 1.49. The molecule has 0 fully saturated rings. The van der Waals surface area contributed by atoms with Gasteiger partial charge in [-0.1, -0.05) is 29.0 Å². The molecule has 4 aromatic rings.